The molecule has 1 saturated heterocycles. The molecule has 2 heterocycles. The first-order valence-electron chi connectivity index (χ1n) is 6.48. The number of hydrogen-bond donors (Lipinski definition) is 0. The molecule has 0 radical (unpaired) electrons. The number of nitrogens with zero attached hydrogens (tertiary/aromatic N) is 2. The summed E-state index contributed by atoms with van der Waals surface area (Å²) in [5, 5.41) is 5.00. The van der Waals surface area contributed by atoms with Crippen molar-refractivity contribution in [3.05, 3.63) is 29.7 Å². The lowest BCUT2D eigenvalue weighted by Crippen LogP contribution is -2.33. The highest BCUT2D eigenvalue weighted by Gasteiger charge is 2.19. The van der Waals surface area contributed by atoms with E-state index in [1.807, 2.05) is 0 Å². The van der Waals surface area contributed by atoms with E-state index in [0.29, 0.717) is 5.58 Å². The molecule has 3 rings (SSSR count). The van der Waals surface area contributed by atoms with Crippen LogP contribution in [0.2, 0.25) is 0 Å². The number of piperidine rings is 1. The van der Waals surface area contributed by atoms with E-state index in [9.17, 15) is 4.39 Å². The van der Waals surface area contributed by atoms with Gasteiger partial charge in [0.25, 0.3) is 0 Å². The topological polar surface area (TPSA) is 29.3 Å². The average molecular weight is 248 g/mol. The molecule has 1 aromatic heterocycles. The molecule has 3 nitrogen and oxygen atoms in total. The van der Waals surface area contributed by atoms with Gasteiger partial charge in [-0.25, -0.2) is 4.39 Å². The Labute approximate surface area is 106 Å². The Balaban J connectivity index is 1.82. The van der Waals surface area contributed by atoms with Crippen molar-refractivity contribution in [3.63, 3.8) is 0 Å². The van der Waals surface area contributed by atoms with E-state index in [1.54, 1.807) is 6.07 Å². The molecule has 0 bridgehead atoms. The molecule has 0 spiro atoms. The summed E-state index contributed by atoms with van der Waals surface area (Å²) in [7, 11) is 0. The number of benzene rings is 1. The van der Waals surface area contributed by atoms with Gasteiger partial charge in [-0.15, -0.1) is 0 Å². The molecule has 1 unspecified atom stereocenters. The summed E-state index contributed by atoms with van der Waals surface area (Å²) < 4.78 is 18.2. The molecule has 1 aliphatic rings. The van der Waals surface area contributed by atoms with Gasteiger partial charge in [0.1, 0.15) is 11.5 Å². The molecule has 0 amide bonds. The third kappa shape index (κ3) is 2.25. The molecule has 96 valence electrons. The highest BCUT2D eigenvalue weighted by atomic mass is 19.1. The quantitative estimate of drug-likeness (QED) is 0.817. The minimum atomic E-state index is -0.281. The van der Waals surface area contributed by atoms with Gasteiger partial charge in [0.15, 0.2) is 5.58 Å². The number of aromatic nitrogens is 1. The summed E-state index contributed by atoms with van der Waals surface area (Å²) in [6, 6.07) is 4.61. The summed E-state index contributed by atoms with van der Waals surface area (Å²) in [5.41, 5.74) is 1.45. The van der Waals surface area contributed by atoms with Gasteiger partial charge in [-0.3, -0.25) is 4.90 Å². The highest BCUT2D eigenvalue weighted by molar-refractivity contribution is 5.79. The van der Waals surface area contributed by atoms with Crippen LogP contribution in [0.3, 0.4) is 0 Å². The van der Waals surface area contributed by atoms with Crippen LogP contribution in [0.15, 0.2) is 22.7 Å². The van der Waals surface area contributed by atoms with Crippen LogP contribution in [0.25, 0.3) is 11.0 Å². The largest absolute Gasteiger partial charge is 0.356 e. The molecule has 1 aliphatic heterocycles. The van der Waals surface area contributed by atoms with Crippen molar-refractivity contribution in [1.82, 2.24) is 10.1 Å². The van der Waals surface area contributed by atoms with Gasteiger partial charge in [0, 0.05) is 24.5 Å². The lowest BCUT2D eigenvalue weighted by molar-refractivity contribution is 0.173. The van der Waals surface area contributed by atoms with Crippen molar-refractivity contribution >= 4 is 11.0 Å². The first kappa shape index (κ1) is 11.7. The summed E-state index contributed by atoms with van der Waals surface area (Å²) in [6.07, 6.45) is 2.55. The number of hydrogen-bond acceptors (Lipinski definition) is 3. The minimum absolute atomic E-state index is 0.281. The number of fused-ring (bicyclic) bond motifs is 1. The van der Waals surface area contributed by atoms with Crippen molar-refractivity contribution in [2.24, 2.45) is 5.92 Å². The molecule has 2 aromatic rings. The highest BCUT2D eigenvalue weighted by Crippen LogP contribution is 2.23. The minimum Gasteiger partial charge on any atom is -0.356 e. The van der Waals surface area contributed by atoms with Gasteiger partial charge in [0.05, 0.1) is 0 Å². The fraction of sp³-hybridized carbons (Fsp3) is 0.500. The van der Waals surface area contributed by atoms with E-state index in [0.717, 1.165) is 36.6 Å². The van der Waals surface area contributed by atoms with E-state index in [1.165, 1.54) is 25.0 Å². The second-order valence-electron chi connectivity index (χ2n) is 5.25. The Hall–Kier alpha value is -1.42. The van der Waals surface area contributed by atoms with Crippen LogP contribution < -0.4 is 0 Å². The average Bonchev–Trinajstić information content (AvgIpc) is 2.72. The molecule has 4 heteroatoms. The van der Waals surface area contributed by atoms with Crippen LogP contribution in [0.4, 0.5) is 4.39 Å². The predicted molar refractivity (Wildman–Crippen MR) is 67.6 cm³/mol. The van der Waals surface area contributed by atoms with Gasteiger partial charge in [-0.1, -0.05) is 12.1 Å². The van der Waals surface area contributed by atoms with Gasteiger partial charge in [0.2, 0.25) is 0 Å². The van der Waals surface area contributed by atoms with Crippen LogP contribution in [0.1, 0.15) is 25.5 Å². The molecular weight excluding hydrogens is 231 g/mol. The van der Waals surface area contributed by atoms with E-state index in [-0.39, 0.29) is 5.82 Å². The molecule has 1 atom stereocenters. The fourth-order valence-electron chi connectivity index (χ4n) is 2.72. The zero-order valence-electron chi connectivity index (χ0n) is 10.5. The third-order valence-corrected chi connectivity index (χ3v) is 3.62. The maximum atomic E-state index is 13.1. The number of halogens is 1. The Kier molecular flexibility index (Phi) is 3.04. The van der Waals surface area contributed by atoms with Gasteiger partial charge in [-0.05, 0) is 37.4 Å². The monoisotopic (exact) mass is 248 g/mol. The third-order valence-electron chi connectivity index (χ3n) is 3.62. The van der Waals surface area contributed by atoms with E-state index in [2.05, 4.69) is 17.0 Å². The molecular formula is C14H17FN2O. The van der Waals surface area contributed by atoms with Crippen molar-refractivity contribution in [3.8, 4) is 0 Å². The van der Waals surface area contributed by atoms with E-state index >= 15 is 0 Å². The number of likely N-dealkylation sites (tertiary alicyclic amines) is 1. The van der Waals surface area contributed by atoms with Gasteiger partial charge < -0.3 is 4.52 Å². The van der Waals surface area contributed by atoms with Crippen LogP contribution in [-0.2, 0) is 6.54 Å². The molecule has 1 fully saturated rings. The van der Waals surface area contributed by atoms with Crippen LogP contribution in [0.5, 0.6) is 0 Å². The summed E-state index contributed by atoms with van der Waals surface area (Å²) >= 11 is 0. The molecule has 0 aliphatic carbocycles. The van der Waals surface area contributed by atoms with E-state index < -0.39 is 0 Å². The Bertz CT molecular complexity index is 552. The molecule has 0 N–H and O–H groups in total. The second-order valence-corrected chi connectivity index (χ2v) is 5.25. The van der Waals surface area contributed by atoms with Gasteiger partial charge in [-0.2, -0.15) is 0 Å². The Morgan fingerprint density at radius 1 is 1.50 bits per heavy atom. The van der Waals surface area contributed by atoms with Crippen LogP contribution in [0, 0.1) is 11.7 Å². The van der Waals surface area contributed by atoms with Crippen LogP contribution >= 0.6 is 0 Å². The lowest BCUT2D eigenvalue weighted by atomic mass is 10.00. The SMILES string of the molecule is CC1CCCN(Cc2noc3cc(F)ccc23)C1. The first-order chi connectivity index (χ1) is 8.72. The first-order valence-corrected chi connectivity index (χ1v) is 6.48. The van der Waals surface area contributed by atoms with Crippen LogP contribution in [-0.4, -0.2) is 23.1 Å². The molecule has 0 saturated carbocycles. The summed E-state index contributed by atoms with van der Waals surface area (Å²) in [4.78, 5) is 2.40. The molecule has 18 heavy (non-hydrogen) atoms. The fourth-order valence-corrected chi connectivity index (χ4v) is 2.72. The predicted octanol–water partition coefficient (Wildman–Crippen LogP) is 3.20. The summed E-state index contributed by atoms with van der Waals surface area (Å²) in [6.45, 7) is 5.29. The lowest BCUT2D eigenvalue weighted by Gasteiger charge is -2.30. The van der Waals surface area contributed by atoms with Crippen molar-refractivity contribution < 1.29 is 8.91 Å². The smallest absolute Gasteiger partial charge is 0.170 e. The Morgan fingerprint density at radius 3 is 3.22 bits per heavy atom. The maximum Gasteiger partial charge on any atom is 0.170 e. The zero-order valence-corrected chi connectivity index (χ0v) is 10.5. The molecule has 1 aromatic carbocycles. The maximum absolute atomic E-state index is 13.1. The second kappa shape index (κ2) is 4.69. The number of rotatable bonds is 2. The van der Waals surface area contributed by atoms with Crippen molar-refractivity contribution in [2.45, 2.75) is 26.3 Å². The normalized spacial score (nSPS) is 21.6. The summed E-state index contributed by atoms with van der Waals surface area (Å²) in [5.74, 6) is 0.464. The van der Waals surface area contributed by atoms with Crippen molar-refractivity contribution in [1.29, 1.82) is 0 Å². The Morgan fingerprint density at radius 2 is 2.39 bits per heavy atom. The zero-order chi connectivity index (χ0) is 12.5. The van der Waals surface area contributed by atoms with Crippen molar-refractivity contribution in [2.75, 3.05) is 13.1 Å². The van der Waals surface area contributed by atoms with Gasteiger partial charge >= 0.3 is 0 Å². The standard InChI is InChI=1S/C14H17FN2O/c1-10-3-2-6-17(8-10)9-13-12-5-4-11(15)7-14(12)18-16-13/h4-5,7,10H,2-3,6,8-9H2,1H3. The van der Waals surface area contributed by atoms with E-state index in [4.69, 9.17) is 4.52 Å².